The maximum Gasteiger partial charge on any atom is 0.317 e. The Labute approximate surface area is 326 Å². The number of carbonyl (C=O) groups excluding carboxylic acids is 1. The van der Waals surface area contributed by atoms with Crippen LogP contribution in [0.2, 0.25) is 0 Å². The summed E-state index contributed by atoms with van der Waals surface area (Å²) in [7, 11) is 3.16. The van der Waals surface area contributed by atoms with E-state index in [0.29, 0.717) is 28.6 Å². The average Bonchev–Trinajstić information content (AvgIpc) is 3.91. The number of aromatic amines is 1. The van der Waals surface area contributed by atoms with Crippen molar-refractivity contribution in [3.63, 3.8) is 0 Å². The fourth-order valence-corrected chi connectivity index (χ4v) is 9.84. The minimum Gasteiger partial charge on any atom is -0.493 e. The van der Waals surface area contributed by atoms with E-state index in [1.54, 1.807) is 20.3 Å². The number of aromatic nitrogens is 1. The minimum atomic E-state index is -2.19. The Morgan fingerprint density at radius 1 is 1.02 bits per heavy atom. The molecule has 1 saturated heterocycles. The van der Waals surface area contributed by atoms with Crippen LogP contribution < -0.4 is 35.2 Å². The summed E-state index contributed by atoms with van der Waals surface area (Å²) in [6.45, 7) is 0. The Hall–Kier alpha value is -5.10. The van der Waals surface area contributed by atoms with Gasteiger partial charge in [0, 0.05) is 51.0 Å². The molecular weight excluding hydrogens is 742 g/mol. The number of carboxylic acids is 1. The number of aliphatic hydroxyl groups excluding tert-OH is 2. The average molecular weight is 788 g/mol. The zero-order chi connectivity index (χ0) is 40.0. The van der Waals surface area contributed by atoms with Gasteiger partial charge in [-0.3, -0.25) is 9.59 Å². The predicted octanol–water partition coefficient (Wildman–Crippen LogP) is 2.91. The second kappa shape index (κ2) is 13.8. The largest absolute Gasteiger partial charge is 0.493 e. The summed E-state index contributed by atoms with van der Waals surface area (Å²) < 4.78 is 43.9. The van der Waals surface area contributed by atoms with Crippen molar-refractivity contribution in [1.29, 1.82) is 0 Å². The number of nitrogens with one attached hydrogen (secondary N) is 1. The van der Waals surface area contributed by atoms with Gasteiger partial charge < -0.3 is 70.0 Å². The first-order valence-corrected chi connectivity index (χ1v) is 19.1. The van der Waals surface area contributed by atoms with Gasteiger partial charge in [0.1, 0.15) is 47.9 Å². The molecule has 4 aromatic rings. The number of fused-ring (bicyclic) bond motifs is 9. The van der Waals surface area contributed by atoms with Gasteiger partial charge in [-0.15, -0.1) is 0 Å². The third-order valence-electron chi connectivity index (χ3n) is 12.4. The van der Waals surface area contributed by atoms with E-state index in [9.17, 15) is 24.9 Å². The predicted molar refractivity (Wildman–Crippen MR) is 200 cm³/mol. The number of aliphatic carboxylic acids is 1. The molecule has 57 heavy (non-hydrogen) atoms. The number of benzene rings is 3. The summed E-state index contributed by atoms with van der Waals surface area (Å²) in [5.74, 6) is -0.460. The van der Waals surface area contributed by atoms with E-state index in [2.05, 4.69) is 4.98 Å². The number of ether oxygens (including phenoxy) is 7. The molecule has 2 fully saturated rings. The van der Waals surface area contributed by atoms with Crippen LogP contribution in [-0.4, -0.2) is 99.6 Å². The van der Waals surface area contributed by atoms with Crippen molar-refractivity contribution < 1.29 is 63.2 Å². The van der Waals surface area contributed by atoms with Gasteiger partial charge in [-0.05, 0) is 50.7 Å². The summed E-state index contributed by atoms with van der Waals surface area (Å²) in [4.78, 5) is 27.0. The third-order valence-corrected chi connectivity index (χ3v) is 12.4. The number of H-pyrrole nitrogens is 1. The van der Waals surface area contributed by atoms with E-state index in [4.69, 9.17) is 49.7 Å². The number of carbonyl (C=O) groups is 2. The van der Waals surface area contributed by atoms with Crippen LogP contribution in [0, 0.1) is 0 Å². The molecule has 9 rings (SSSR count). The van der Waals surface area contributed by atoms with Gasteiger partial charge in [-0.2, -0.15) is 0 Å². The summed E-state index contributed by atoms with van der Waals surface area (Å²) in [6.07, 6.45) is -6.34. The third kappa shape index (κ3) is 5.72. The molecule has 1 aromatic heterocycles. The normalized spacial score (nSPS) is 28.4. The number of methoxy groups -OCH3 is 2. The lowest BCUT2D eigenvalue weighted by molar-refractivity contribution is -0.329. The van der Waals surface area contributed by atoms with Gasteiger partial charge >= 0.3 is 11.9 Å². The van der Waals surface area contributed by atoms with E-state index in [1.165, 1.54) is 0 Å². The second-order valence-corrected chi connectivity index (χ2v) is 15.6. The van der Waals surface area contributed by atoms with Crippen molar-refractivity contribution in [2.24, 2.45) is 11.5 Å². The van der Waals surface area contributed by atoms with E-state index < -0.39 is 72.5 Å². The first-order chi connectivity index (χ1) is 27.4. The van der Waals surface area contributed by atoms with Crippen LogP contribution in [0.15, 0.2) is 48.7 Å². The molecule has 0 amide bonds. The van der Waals surface area contributed by atoms with Crippen molar-refractivity contribution in [3.8, 4) is 39.9 Å². The van der Waals surface area contributed by atoms with E-state index in [1.807, 2.05) is 42.6 Å². The molecule has 16 heteroatoms. The first-order valence-electron chi connectivity index (χ1n) is 19.1. The minimum absolute atomic E-state index is 0.141. The molecule has 5 heterocycles. The smallest absolute Gasteiger partial charge is 0.317 e. The molecule has 0 radical (unpaired) electrons. The second-order valence-electron chi connectivity index (χ2n) is 15.6. The highest BCUT2D eigenvalue weighted by atomic mass is 16.7. The molecule has 1 saturated carbocycles. The number of nitrogens with two attached hydrogens (primary N) is 2. The summed E-state index contributed by atoms with van der Waals surface area (Å²) >= 11 is 0. The van der Waals surface area contributed by atoms with E-state index in [0.717, 1.165) is 58.8 Å². The number of para-hydroxylation sites is 1. The molecule has 3 aromatic carbocycles. The van der Waals surface area contributed by atoms with Gasteiger partial charge in [-0.25, -0.2) is 0 Å². The van der Waals surface area contributed by atoms with Gasteiger partial charge in [0.05, 0.1) is 26.3 Å². The van der Waals surface area contributed by atoms with Crippen molar-refractivity contribution in [3.05, 3.63) is 65.4 Å². The highest BCUT2D eigenvalue weighted by molar-refractivity contribution is 5.98. The highest BCUT2D eigenvalue weighted by Gasteiger charge is 2.61. The maximum atomic E-state index is 12.4. The summed E-state index contributed by atoms with van der Waals surface area (Å²) in [5, 5.41) is 45.3. The molecule has 1 spiro atoms. The molecule has 0 unspecified atom stereocenters. The van der Waals surface area contributed by atoms with Gasteiger partial charge in [0.2, 0.25) is 12.0 Å². The molecular formula is C41H45N3O13. The number of carboxylic acid groups (broad SMARTS) is 1. The van der Waals surface area contributed by atoms with E-state index in [-0.39, 0.29) is 24.5 Å². The Bertz CT molecular complexity index is 2250. The molecule has 5 aliphatic rings. The van der Waals surface area contributed by atoms with Crippen LogP contribution >= 0.6 is 0 Å². The van der Waals surface area contributed by atoms with Crippen molar-refractivity contribution in [1.82, 2.24) is 4.98 Å². The molecule has 1 aliphatic carbocycles. The molecule has 302 valence electrons. The van der Waals surface area contributed by atoms with Gasteiger partial charge in [-0.1, -0.05) is 24.3 Å². The van der Waals surface area contributed by atoms with Crippen LogP contribution in [0.5, 0.6) is 28.7 Å². The van der Waals surface area contributed by atoms with Crippen LogP contribution in [0.25, 0.3) is 22.0 Å². The van der Waals surface area contributed by atoms with Crippen molar-refractivity contribution >= 4 is 22.8 Å². The molecule has 8 atom stereocenters. The van der Waals surface area contributed by atoms with Crippen molar-refractivity contribution in [2.75, 3.05) is 14.2 Å². The summed E-state index contributed by atoms with van der Waals surface area (Å²) in [6, 6.07) is 13.5. The molecule has 0 bridgehead atoms. The Kier molecular flexibility index (Phi) is 9.06. The maximum absolute atomic E-state index is 12.4. The number of aliphatic hydroxyl groups is 3. The molecule has 9 N–H and O–H groups in total. The van der Waals surface area contributed by atoms with Crippen molar-refractivity contribution in [2.45, 2.75) is 105 Å². The van der Waals surface area contributed by atoms with Gasteiger partial charge in [0.15, 0.2) is 23.2 Å². The van der Waals surface area contributed by atoms with E-state index >= 15 is 0 Å². The topological polar surface area (TPSA) is 248 Å². The fraction of sp³-hybridized carbons (Fsp3) is 0.463. The first kappa shape index (κ1) is 37.5. The SMILES string of the molecule is COc1ccc2c(c1OC)O[C@H]1c3c(cc4c(c3-c3c[nH]c5ccccc35)CC[C@]3(O)[C@H](O4)O[C@H]([C@H](OC(=O)CC(=O)O)C(N)N)[C@@H](O)[C@@H]3O)OC3(CCCC3)[C@@H]21. The van der Waals surface area contributed by atoms with Crippen LogP contribution in [0.1, 0.15) is 67.2 Å². The number of hydrogen-bond acceptors (Lipinski definition) is 14. The quantitative estimate of drug-likeness (QED) is 0.0771. The zero-order valence-corrected chi connectivity index (χ0v) is 31.3. The van der Waals surface area contributed by atoms with Crippen LogP contribution in [0.4, 0.5) is 0 Å². The Balaban J connectivity index is 1.21. The Morgan fingerprint density at radius 2 is 1.79 bits per heavy atom. The zero-order valence-electron chi connectivity index (χ0n) is 31.3. The molecule has 16 nitrogen and oxygen atoms in total. The van der Waals surface area contributed by atoms with Gasteiger partial charge in [0.25, 0.3) is 0 Å². The lowest BCUT2D eigenvalue weighted by Gasteiger charge is -2.49. The summed E-state index contributed by atoms with van der Waals surface area (Å²) in [5.41, 5.74) is 13.9. The Morgan fingerprint density at radius 3 is 2.51 bits per heavy atom. The lowest BCUT2D eigenvalue weighted by atomic mass is 9.72. The monoisotopic (exact) mass is 787 g/mol. The number of esters is 1. The number of rotatable bonds is 8. The molecule has 4 aliphatic heterocycles. The standard InChI is InChI=1S/C41H45N3O13/c1-51-23-10-9-20-30-34(55-32(20)33(23)52-2)29-25(57-40(30)12-5-6-13-40)15-24-19(28(29)21-17-44-22-8-4-3-7-18(21)22)11-14-41(50)37(49)31(48)35(56-39(41)53-24)36(38(42)43)54-27(47)16-26(45)46/h3-4,7-10,15,17,30-31,34-39,44,48-50H,5-6,11-14,16,42-43H2,1-2H3,(H,45,46)/t30-,31+,34-,35-,36-,37-,39+,41+/m0/s1. The highest BCUT2D eigenvalue weighted by Crippen LogP contribution is 2.66. The number of hydrogen-bond donors (Lipinski definition) is 7. The fourth-order valence-electron chi connectivity index (χ4n) is 9.84. The van der Waals surface area contributed by atoms with Crippen LogP contribution in [-0.2, 0) is 25.5 Å². The van der Waals surface area contributed by atoms with Crippen LogP contribution in [0.3, 0.4) is 0 Å². The lowest BCUT2D eigenvalue weighted by Crippen LogP contribution is -2.71.